The number of ether oxygens (including phenoxy) is 3. The average Bonchev–Trinajstić information content (AvgIpc) is 2.36. The van der Waals surface area contributed by atoms with Gasteiger partial charge in [-0.15, -0.1) is 24.8 Å². The van der Waals surface area contributed by atoms with Crippen molar-refractivity contribution in [1.29, 1.82) is 0 Å². The molecule has 0 atom stereocenters. The van der Waals surface area contributed by atoms with Crippen LogP contribution < -0.4 is 9.47 Å². The van der Waals surface area contributed by atoms with Gasteiger partial charge in [0.15, 0.2) is 11.5 Å². The topological polar surface area (TPSA) is 57.7 Å². The second-order valence-corrected chi connectivity index (χ2v) is 3.79. The van der Waals surface area contributed by atoms with Gasteiger partial charge in [0.25, 0.3) is 0 Å². The van der Waals surface area contributed by atoms with Crippen LogP contribution in [0.1, 0.15) is 11.4 Å². The SMILES string of the molecule is COC(=O)Cc1cc(OC(F)(F)F)c(OC)c(CCl)n1. The van der Waals surface area contributed by atoms with Crippen molar-refractivity contribution in [2.45, 2.75) is 18.7 Å². The van der Waals surface area contributed by atoms with Crippen LogP contribution in [-0.4, -0.2) is 31.5 Å². The van der Waals surface area contributed by atoms with Crippen molar-refractivity contribution in [3.8, 4) is 11.5 Å². The molecule has 1 aromatic rings. The van der Waals surface area contributed by atoms with Gasteiger partial charge in [0.1, 0.15) is 5.69 Å². The van der Waals surface area contributed by atoms with Crippen molar-refractivity contribution in [2.24, 2.45) is 0 Å². The first-order chi connectivity index (χ1) is 9.30. The highest BCUT2D eigenvalue weighted by Crippen LogP contribution is 2.35. The lowest BCUT2D eigenvalue weighted by molar-refractivity contribution is -0.275. The predicted molar refractivity (Wildman–Crippen MR) is 62.7 cm³/mol. The largest absolute Gasteiger partial charge is 0.573 e. The van der Waals surface area contributed by atoms with E-state index in [1.165, 1.54) is 0 Å². The van der Waals surface area contributed by atoms with E-state index < -0.39 is 18.1 Å². The van der Waals surface area contributed by atoms with Crippen molar-refractivity contribution in [3.05, 3.63) is 17.5 Å². The van der Waals surface area contributed by atoms with Crippen molar-refractivity contribution in [1.82, 2.24) is 4.98 Å². The summed E-state index contributed by atoms with van der Waals surface area (Å²) in [6.07, 6.45) is -5.21. The number of nitrogens with zero attached hydrogens (tertiary/aromatic N) is 1. The standard InChI is InChI=1S/C11H11ClF3NO4/c1-18-9(17)4-6-3-8(20-11(13,14)15)10(19-2)7(5-12)16-6/h3H,4-5H2,1-2H3. The zero-order valence-electron chi connectivity index (χ0n) is 10.6. The molecule has 1 rings (SSSR count). The molecule has 0 aliphatic rings. The number of rotatable bonds is 5. The average molecular weight is 314 g/mol. The highest BCUT2D eigenvalue weighted by molar-refractivity contribution is 6.17. The van der Waals surface area contributed by atoms with Crippen LogP contribution in [0, 0.1) is 0 Å². The van der Waals surface area contributed by atoms with Crippen LogP contribution in [0.5, 0.6) is 11.5 Å². The molecule has 0 amide bonds. The lowest BCUT2D eigenvalue weighted by atomic mass is 10.2. The molecule has 0 saturated carbocycles. The van der Waals surface area contributed by atoms with Crippen LogP contribution in [0.25, 0.3) is 0 Å². The summed E-state index contributed by atoms with van der Waals surface area (Å²) in [5, 5.41) is 0. The minimum absolute atomic E-state index is 0.0348. The first-order valence-corrected chi connectivity index (χ1v) is 5.79. The summed E-state index contributed by atoms with van der Waals surface area (Å²) in [5.74, 6) is -1.69. The molecule has 5 nitrogen and oxygen atoms in total. The molecule has 0 unspecified atom stereocenters. The Bertz CT molecular complexity index is 493. The Labute approximate surface area is 117 Å². The van der Waals surface area contributed by atoms with E-state index in [1.807, 2.05) is 0 Å². The van der Waals surface area contributed by atoms with Gasteiger partial charge >= 0.3 is 12.3 Å². The van der Waals surface area contributed by atoms with E-state index in [9.17, 15) is 18.0 Å². The number of halogens is 4. The second kappa shape index (κ2) is 6.65. The van der Waals surface area contributed by atoms with Gasteiger partial charge < -0.3 is 14.2 Å². The summed E-state index contributed by atoms with van der Waals surface area (Å²) in [6, 6.07) is 0.958. The molecule has 1 aromatic heterocycles. The van der Waals surface area contributed by atoms with Gasteiger partial charge in [0.2, 0.25) is 0 Å². The zero-order valence-corrected chi connectivity index (χ0v) is 11.3. The number of hydrogen-bond donors (Lipinski definition) is 0. The highest BCUT2D eigenvalue weighted by Gasteiger charge is 2.33. The fourth-order valence-corrected chi connectivity index (χ4v) is 1.62. The number of methoxy groups -OCH3 is 2. The Morgan fingerprint density at radius 1 is 1.40 bits per heavy atom. The Morgan fingerprint density at radius 3 is 2.50 bits per heavy atom. The zero-order chi connectivity index (χ0) is 15.3. The molecule has 0 saturated heterocycles. The van der Waals surface area contributed by atoms with Crippen molar-refractivity contribution in [3.63, 3.8) is 0 Å². The van der Waals surface area contributed by atoms with E-state index >= 15 is 0 Å². The fourth-order valence-electron chi connectivity index (χ4n) is 1.44. The van der Waals surface area contributed by atoms with Gasteiger partial charge in [-0.3, -0.25) is 9.78 Å². The summed E-state index contributed by atoms with van der Waals surface area (Å²) < 4.78 is 50.1. The maximum absolute atomic E-state index is 12.3. The number of alkyl halides is 4. The number of pyridine rings is 1. The molecular weight excluding hydrogens is 303 g/mol. The molecule has 0 fully saturated rings. The first kappa shape index (κ1) is 16.4. The van der Waals surface area contributed by atoms with E-state index in [1.54, 1.807) is 0 Å². The fraction of sp³-hybridized carbons (Fsp3) is 0.455. The molecule has 0 spiro atoms. The summed E-state index contributed by atoms with van der Waals surface area (Å²) in [7, 11) is 2.32. The summed E-state index contributed by atoms with van der Waals surface area (Å²) >= 11 is 5.60. The van der Waals surface area contributed by atoms with E-state index in [4.69, 9.17) is 16.3 Å². The van der Waals surface area contributed by atoms with E-state index in [-0.39, 0.29) is 29.4 Å². The van der Waals surface area contributed by atoms with E-state index in [2.05, 4.69) is 14.5 Å². The lowest BCUT2D eigenvalue weighted by Crippen LogP contribution is -2.19. The third-order valence-electron chi connectivity index (χ3n) is 2.17. The molecule has 9 heteroatoms. The van der Waals surface area contributed by atoms with E-state index in [0.717, 1.165) is 20.3 Å². The minimum atomic E-state index is -4.90. The summed E-state index contributed by atoms with van der Waals surface area (Å²) in [6.45, 7) is 0. The summed E-state index contributed by atoms with van der Waals surface area (Å²) in [4.78, 5) is 15.1. The first-order valence-electron chi connectivity index (χ1n) is 5.26. The smallest absolute Gasteiger partial charge is 0.491 e. The predicted octanol–water partition coefficient (Wildman–Crippen LogP) is 2.44. The maximum Gasteiger partial charge on any atom is 0.573 e. The molecule has 1 heterocycles. The normalized spacial score (nSPS) is 11.1. The third kappa shape index (κ3) is 4.44. The molecule has 0 bridgehead atoms. The van der Waals surface area contributed by atoms with Crippen LogP contribution >= 0.6 is 11.6 Å². The van der Waals surface area contributed by atoms with Gasteiger partial charge in [-0.2, -0.15) is 0 Å². The van der Waals surface area contributed by atoms with Gasteiger partial charge in [-0.1, -0.05) is 0 Å². The van der Waals surface area contributed by atoms with Crippen LogP contribution in [-0.2, 0) is 21.8 Å². The molecule has 0 radical (unpaired) electrons. The monoisotopic (exact) mass is 313 g/mol. The van der Waals surface area contributed by atoms with Gasteiger partial charge in [0, 0.05) is 6.07 Å². The second-order valence-electron chi connectivity index (χ2n) is 3.53. The Kier molecular flexibility index (Phi) is 5.43. The van der Waals surface area contributed by atoms with Crippen molar-refractivity contribution < 1.29 is 32.2 Å². The van der Waals surface area contributed by atoms with Crippen LogP contribution in [0.3, 0.4) is 0 Å². The number of esters is 1. The number of hydrogen-bond acceptors (Lipinski definition) is 5. The number of carbonyl (C=O) groups excluding carboxylic acids is 1. The lowest BCUT2D eigenvalue weighted by Gasteiger charge is -2.15. The minimum Gasteiger partial charge on any atom is -0.491 e. The number of aromatic nitrogens is 1. The molecule has 112 valence electrons. The molecule has 20 heavy (non-hydrogen) atoms. The van der Waals surface area contributed by atoms with Crippen LogP contribution in [0.4, 0.5) is 13.2 Å². The number of carbonyl (C=O) groups is 1. The maximum atomic E-state index is 12.3. The molecule has 0 N–H and O–H groups in total. The Balaban J connectivity index is 3.23. The highest BCUT2D eigenvalue weighted by atomic mass is 35.5. The molecule has 0 aromatic carbocycles. The molecule has 0 aliphatic carbocycles. The third-order valence-corrected chi connectivity index (χ3v) is 2.42. The Morgan fingerprint density at radius 2 is 2.05 bits per heavy atom. The van der Waals surface area contributed by atoms with Gasteiger partial charge in [-0.25, -0.2) is 0 Å². The van der Waals surface area contributed by atoms with E-state index in [0.29, 0.717) is 0 Å². The van der Waals surface area contributed by atoms with Gasteiger partial charge in [0.05, 0.1) is 32.2 Å². The van der Waals surface area contributed by atoms with Gasteiger partial charge in [-0.05, 0) is 0 Å². The molecule has 0 aliphatic heterocycles. The molecular formula is C11H11ClF3NO4. The quantitative estimate of drug-likeness (QED) is 0.617. The van der Waals surface area contributed by atoms with Crippen molar-refractivity contribution in [2.75, 3.05) is 14.2 Å². The van der Waals surface area contributed by atoms with Crippen LogP contribution in [0.15, 0.2) is 6.07 Å². The Hall–Kier alpha value is -1.70. The summed E-state index contributed by atoms with van der Waals surface area (Å²) in [5.41, 5.74) is 0.0716. The van der Waals surface area contributed by atoms with Crippen molar-refractivity contribution >= 4 is 17.6 Å². The van der Waals surface area contributed by atoms with Crippen LogP contribution in [0.2, 0.25) is 0 Å².